The minimum Gasteiger partial charge on any atom is -0.499 e. The molecule has 1 aromatic carbocycles. The maximum absolute atomic E-state index is 12.8. The van der Waals surface area contributed by atoms with Gasteiger partial charge in [-0.05, 0) is 55.7 Å². The molecule has 244 valence electrons. The third-order valence-electron chi connectivity index (χ3n) is 8.92. The summed E-state index contributed by atoms with van der Waals surface area (Å²) >= 11 is 0. The van der Waals surface area contributed by atoms with Crippen molar-refractivity contribution in [2.45, 2.75) is 138 Å². The lowest BCUT2D eigenvalue weighted by atomic mass is 9.95. The summed E-state index contributed by atoms with van der Waals surface area (Å²) in [5, 5.41) is 3.84. The molecule has 0 aliphatic heterocycles. The highest BCUT2D eigenvalue weighted by Gasteiger charge is 2.20. The zero-order valence-electron chi connectivity index (χ0n) is 28.7. The van der Waals surface area contributed by atoms with Crippen molar-refractivity contribution >= 4 is 17.5 Å². The number of unbranched alkanes of at least 4 members (excludes halogenated alkanes) is 3. The Labute approximate surface area is 261 Å². The van der Waals surface area contributed by atoms with Crippen LogP contribution in [0.4, 0.5) is 5.69 Å². The molecule has 2 rings (SSSR count). The normalized spacial score (nSPS) is 14.8. The second-order valence-corrected chi connectivity index (χ2v) is 12.2. The minimum atomic E-state index is -0.406. The molecule has 3 unspecified atom stereocenters. The van der Waals surface area contributed by atoms with Gasteiger partial charge in [-0.15, -0.1) is 0 Å². The summed E-state index contributed by atoms with van der Waals surface area (Å²) in [6, 6.07) is 6.58. The van der Waals surface area contributed by atoms with E-state index < -0.39 is 5.63 Å². The van der Waals surface area contributed by atoms with E-state index in [-0.39, 0.29) is 6.10 Å². The number of aromatic amines is 1. The minimum absolute atomic E-state index is 0.121. The number of benzene rings is 1. The Bertz CT molecular complexity index is 1190. The summed E-state index contributed by atoms with van der Waals surface area (Å²) in [5.41, 5.74) is 1.69. The summed E-state index contributed by atoms with van der Waals surface area (Å²) in [6.07, 6.45) is 16.8. The molecule has 0 aliphatic carbocycles. The molecule has 0 spiro atoms. The third-order valence-corrected chi connectivity index (χ3v) is 8.92. The van der Waals surface area contributed by atoms with Crippen molar-refractivity contribution in [1.29, 1.82) is 0 Å². The van der Waals surface area contributed by atoms with Crippen molar-refractivity contribution < 1.29 is 14.0 Å². The molecule has 0 amide bonds. The van der Waals surface area contributed by atoms with E-state index in [1.54, 1.807) is 7.11 Å². The van der Waals surface area contributed by atoms with Crippen molar-refractivity contribution in [2.24, 2.45) is 11.8 Å². The first-order chi connectivity index (χ1) is 20.9. The van der Waals surface area contributed by atoms with Gasteiger partial charge < -0.3 is 18.9 Å². The molecule has 0 aliphatic rings. The zero-order valence-corrected chi connectivity index (χ0v) is 28.7. The van der Waals surface area contributed by atoms with E-state index in [4.69, 9.17) is 14.0 Å². The molecule has 2 aromatic rings. The van der Waals surface area contributed by atoms with Gasteiger partial charge in [-0.3, -0.25) is 0 Å². The molecule has 0 saturated heterocycles. The van der Waals surface area contributed by atoms with Gasteiger partial charge in [0.2, 0.25) is 0 Å². The zero-order chi connectivity index (χ0) is 31.6. The van der Waals surface area contributed by atoms with E-state index >= 15 is 0 Å². The fourth-order valence-corrected chi connectivity index (χ4v) is 5.87. The fourth-order valence-electron chi connectivity index (χ4n) is 5.87. The lowest BCUT2D eigenvalue weighted by molar-refractivity contribution is 0.183. The van der Waals surface area contributed by atoms with Gasteiger partial charge in [-0.1, -0.05) is 99.8 Å². The van der Waals surface area contributed by atoms with Crippen LogP contribution in [-0.4, -0.2) is 31.5 Å². The first-order valence-corrected chi connectivity index (χ1v) is 17.4. The summed E-state index contributed by atoms with van der Waals surface area (Å²) in [4.78, 5) is 15.4. The van der Waals surface area contributed by atoms with E-state index in [1.165, 1.54) is 57.1 Å². The molecule has 1 aromatic heterocycles. The Morgan fingerprint density at radius 2 is 1.49 bits per heavy atom. The first-order valence-electron chi connectivity index (χ1n) is 17.4. The van der Waals surface area contributed by atoms with Crippen molar-refractivity contribution in [2.75, 3.05) is 25.1 Å². The van der Waals surface area contributed by atoms with Crippen LogP contribution in [0.25, 0.3) is 11.8 Å². The standard InChI is InChI=1S/C37H62N2O4/c1-9-16-19-28(12-4)26-39(27-29(13-5)20-17-10-2)31-23-22-30(35(25-31)42-32(14-6)21-18-11-3)24-33-36(34(15-7)41-8)38-43-37(33)40/h22-25,28-29,32,38H,9-21,26-27H2,1-8H3. The molecule has 0 saturated carbocycles. The maximum Gasteiger partial charge on any atom is 0.365 e. The van der Waals surface area contributed by atoms with Gasteiger partial charge in [0.25, 0.3) is 0 Å². The van der Waals surface area contributed by atoms with Crippen LogP contribution < -0.4 is 25.8 Å². The highest BCUT2D eigenvalue weighted by molar-refractivity contribution is 5.64. The van der Waals surface area contributed by atoms with E-state index in [0.717, 1.165) is 50.1 Å². The quantitative estimate of drug-likeness (QED) is 0.147. The van der Waals surface area contributed by atoms with Gasteiger partial charge in [-0.25, -0.2) is 9.95 Å². The van der Waals surface area contributed by atoms with Crippen molar-refractivity contribution in [3.05, 3.63) is 44.8 Å². The van der Waals surface area contributed by atoms with Crippen molar-refractivity contribution in [3.63, 3.8) is 0 Å². The predicted molar refractivity (Wildman–Crippen MR) is 182 cm³/mol. The SMILES string of the molecule is CCCCC(CC)CN(CC(CC)CCCC)c1ccc(C=c2c(=C(CC)OC)[nH]oc2=O)c(OC(CC)CCCC)c1. The van der Waals surface area contributed by atoms with Crippen LogP contribution in [0.15, 0.2) is 27.5 Å². The largest absolute Gasteiger partial charge is 0.499 e. The van der Waals surface area contributed by atoms with E-state index in [9.17, 15) is 4.79 Å². The van der Waals surface area contributed by atoms with Gasteiger partial charge in [-0.2, -0.15) is 0 Å². The Hall–Kier alpha value is -2.63. The van der Waals surface area contributed by atoms with Crippen LogP contribution in [0.1, 0.15) is 138 Å². The van der Waals surface area contributed by atoms with Crippen molar-refractivity contribution in [3.8, 4) is 5.75 Å². The monoisotopic (exact) mass is 598 g/mol. The summed E-state index contributed by atoms with van der Waals surface area (Å²) in [6.45, 7) is 17.8. The number of ether oxygens (including phenoxy) is 2. The predicted octanol–water partition coefficient (Wildman–Crippen LogP) is 8.55. The average molecular weight is 599 g/mol. The van der Waals surface area contributed by atoms with Crippen LogP contribution >= 0.6 is 0 Å². The van der Waals surface area contributed by atoms with Gasteiger partial charge in [0.05, 0.1) is 18.4 Å². The van der Waals surface area contributed by atoms with Gasteiger partial charge >= 0.3 is 5.63 Å². The smallest absolute Gasteiger partial charge is 0.365 e. The molecular formula is C37H62N2O4. The second-order valence-electron chi connectivity index (χ2n) is 12.2. The van der Waals surface area contributed by atoms with Gasteiger partial charge in [0, 0.05) is 36.8 Å². The molecular weight excluding hydrogens is 536 g/mol. The molecule has 6 heteroatoms. The van der Waals surface area contributed by atoms with E-state index in [1.807, 2.05) is 13.0 Å². The molecule has 1 N–H and O–H groups in total. The number of nitrogens with zero attached hydrogens (tertiary/aromatic N) is 1. The summed E-state index contributed by atoms with van der Waals surface area (Å²) in [7, 11) is 1.62. The maximum atomic E-state index is 12.8. The highest BCUT2D eigenvalue weighted by Crippen LogP contribution is 2.31. The van der Waals surface area contributed by atoms with Crippen LogP contribution in [0.2, 0.25) is 0 Å². The number of nitrogens with one attached hydrogen (secondary N) is 1. The molecule has 43 heavy (non-hydrogen) atoms. The van der Waals surface area contributed by atoms with Gasteiger partial charge in [0.15, 0.2) is 0 Å². The van der Waals surface area contributed by atoms with Crippen LogP contribution in [0.3, 0.4) is 0 Å². The molecule has 0 radical (unpaired) electrons. The van der Waals surface area contributed by atoms with E-state index in [0.29, 0.717) is 34.6 Å². The van der Waals surface area contributed by atoms with E-state index in [2.05, 4.69) is 69.8 Å². The number of rotatable bonds is 22. The average Bonchev–Trinajstić information content (AvgIpc) is 3.38. The second kappa shape index (κ2) is 20.3. The molecule has 1 heterocycles. The Balaban J connectivity index is 2.69. The lowest BCUT2D eigenvalue weighted by Crippen LogP contribution is -2.35. The number of hydrogen-bond donors (Lipinski definition) is 1. The first kappa shape index (κ1) is 36.6. The molecule has 0 bridgehead atoms. The Morgan fingerprint density at radius 1 is 0.884 bits per heavy atom. The third kappa shape index (κ3) is 11.4. The molecule has 3 atom stereocenters. The van der Waals surface area contributed by atoms with Crippen LogP contribution in [0.5, 0.6) is 5.75 Å². The fraction of sp³-hybridized carbons (Fsp3) is 0.703. The van der Waals surface area contributed by atoms with Crippen LogP contribution in [-0.2, 0) is 4.74 Å². The number of aromatic nitrogens is 1. The number of H-pyrrole nitrogens is 1. The number of methoxy groups -OCH3 is 1. The van der Waals surface area contributed by atoms with Gasteiger partial charge in [0.1, 0.15) is 16.9 Å². The summed E-state index contributed by atoms with van der Waals surface area (Å²) < 4.78 is 17.6. The summed E-state index contributed by atoms with van der Waals surface area (Å²) in [5.74, 6) is 2.84. The highest BCUT2D eigenvalue weighted by atomic mass is 16.5. The Kier molecular flexibility index (Phi) is 17.3. The lowest BCUT2D eigenvalue weighted by Gasteiger charge is -2.33. The van der Waals surface area contributed by atoms with Crippen molar-refractivity contribution in [1.82, 2.24) is 5.16 Å². The molecule has 6 nitrogen and oxygen atoms in total. The number of anilines is 1. The Morgan fingerprint density at radius 3 is 2.00 bits per heavy atom. The van der Waals surface area contributed by atoms with Crippen LogP contribution in [0, 0.1) is 11.8 Å². The molecule has 0 fully saturated rings. The topological polar surface area (TPSA) is 67.7 Å². The number of hydrogen-bond acceptors (Lipinski definition) is 5.